The van der Waals surface area contributed by atoms with Gasteiger partial charge in [-0.1, -0.05) is 0 Å². The first-order valence-corrected chi connectivity index (χ1v) is 19.5. The molecule has 0 atom stereocenters. The number of amides is 4. The second-order valence-corrected chi connectivity index (χ2v) is 20.8. The summed E-state index contributed by atoms with van der Waals surface area (Å²) in [6, 6.07) is 13.5. The molecule has 232 valence electrons. The van der Waals surface area contributed by atoms with Gasteiger partial charge in [0.1, 0.15) is 0 Å². The molecule has 0 radical (unpaired) electrons. The zero-order valence-corrected chi connectivity index (χ0v) is 26.1. The number of carbonyl (C=O) groups is 4. The monoisotopic (exact) mass is 638 g/mol. The fourth-order valence-corrected chi connectivity index (χ4v) is 18.2. The zero-order chi connectivity index (χ0) is 29.9. The Labute approximate surface area is 255 Å². The fraction of sp³-hybridized carbons (Fsp3) is 0.429. The van der Waals surface area contributed by atoms with Crippen LogP contribution in [0.3, 0.4) is 0 Å². The van der Waals surface area contributed by atoms with Crippen molar-refractivity contribution in [2.24, 2.45) is 0 Å². The van der Waals surface area contributed by atoms with Gasteiger partial charge in [0.05, 0.1) is 0 Å². The molecule has 4 N–H and O–H groups in total. The van der Waals surface area contributed by atoms with Crippen LogP contribution in [-0.4, -0.2) is 130 Å². The summed E-state index contributed by atoms with van der Waals surface area (Å²) < 4.78 is 13.2. The van der Waals surface area contributed by atoms with E-state index in [0.717, 1.165) is 78.5 Å². The van der Waals surface area contributed by atoms with Crippen LogP contribution in [0.1, 0.15) is 41.4 Å². The van der Waals surface area contributed by atoms with Gasteiger partial charge in [0.15, 0.2) is 0 Å². The summed E-state index contributed by atoms with van der Waals surface area (Å²) in [6.07, 6.45) is 0. The van der Waals surface area contributed by atoms with Crippen LogP contribution in [0, 0.1) is 0 Å². The maximum absolute atomic E-state index is 14.3. The predicted molar refractivity (Wildman–Crippen MR) is 166 cm³/mol. The molecule has 0 spiro atoms. The summed E-state index contributed by atoms with van der Waals surface area (Å²) in [4.78, 5) is 57.0. The molecule has 6 fully saturated rings. The number of rotatable bonds is 6. The van der Waals surface area contributed by atoms with Crippen molar-refractivity contribution in [3.8, 4) is 0 Å². The molecule has 0 saturated carbocycles. The van der Waals surface area contributed by atoms with Crippen molar-refractivity contribution < 1.29 is 19.2 Å². The SMILES string of the molecule is O=C1NP(N2CC2)(N2CC2)(N2CC2)NC(=O)c2cccc(c2)C(=O)NP(N2CC2)(N2CC2)(N2CC2)NC(=O)c2cccc1c2. The van der Waals surface area contributed by atoms with Gasteiger partial charge in [0.2, 0.25) is 0 Å². The van der Waals surface area contributed by atoms with E-state index < -0.39 is 14.7 Å². The van der Waals surface area contributed by atoms with E-state index in [9.17, 15) is 19.2 Å². The maximum atomic E-state index is 14.3. The van der Waals surface area contributed by atoms with Crippen LogP contribution in [0.4, 0.5) is 0 Å². The normalized spacial score (nSPS) is 31.0. The van der Waals surface area contributed by atoms with Crippen LogP contribution in [0.15, 0.2) is 48.5 Å². The number of nitrogens with zero attached hydrogens (tertiary/aromatic N) is 6. The topological polar surface area (TPSA) is 134 Å². The van der Waals surface area contributed by atoms with Crippen LogP contribution in [-0.2, 0) is 0 Å². The van der Waals surface area contributed by atoms with Crippen molar-refractivity contribution in [3.05, 3.63) is 70.8 Å². The molecule has 7 heterocycles. The van der Waals surface area contributed by atoms with Crippen LogP contribution in [0.2, 0.25) is 0 Å². The van der Waals surface area contributed by atoms with Crippen LogP contribution in [0.5, 0.6) is 0 Å². The van der Waals surface area contributed by atoms with Gasteiger partial charge < -0.3 is 0 Å². The quantitative estimate of drug-likeness (QED) is 0.262. The van der Waals surface area contributed by atoms with Gasteiger partial charge in [-0.3, -0.25) is 0 Å². The van der Waals surface area contributed by atoms with Gasteiger partial charge in [-0.15, -0.1) is 0 Å². The third-order valence-electron chi connectivity index (χ3n) is 9.76. The van der Waals surface area contributed by atoms with E-state index >= 15 is 0 Å². The molecular formula is C28H36N10O4P2. The van der Waals surface area contributed by atoms with Crippen molar-refractivity contribution in [1.29, 1.82) is 0 Å². The molecule has 6 saturated heterocycles. The Morgan fingerprint density at radius 1 is 0.386 bits per heavy atom. The third kappa shape index (κ3) is 3.71. The third-order valence-corrected chi connectivity index (χ3v) is 21.0. The molecular weight excluding hydrogens is 602 g/mol. The summed E-state index contributed by atoms with van der Waals surface area (Å²) in [5.41, 5.74) is 1.37. The first-order valence-electron chi connectivity index (χ1n) is 15.3. The molecule has 14 nitrogen and oxygen atoms in total. The minimum absolute atomic E-state index is 0.335. The van der Waals surface area contributed by atoms with Gasteiger partial charge in [0.25, 0.3) is 0 Å². The zero-order valence-electron chi connectivity index (χ0n) is 24.3. The Bertz CT molecular complexity index is 1400. The summed E-state index contributed by atoms with van der Waals surface area (Å²) in [6.45, 7) is 8.92. The Kier molecular flexibility index (Phi) is 5.46. The summed E-state index contributed by atoms with van der Waals surface area (Å²) in [5.74, 6) is -1.34. The van der Waals surface area contributed by atoms with E-state index in [0.29, 0.717) is 22.3 Å². The number of carbonyl (C=O) groups excluding carboxylic acids is 4. The van der Waals surface area contributed by atoms with Gasteiger partial charge in [-0.25, -0.2) is 0 Å². The number of benzene rings is 2. The number of fused-ring (bicyclic) bond motifs is 4. The minimum atomic E-state index is -3.81. The van der Waals surface area contributed by atoms with Gasteiger partial charge in [0, 0.05) is 0 Å². The fourth-order valence-electron chi connectivity index (χ4n) is 7.13. The van der Waals surface area contributed by atoms with Gasteiger partial charge >= 0.3 is 255 Å². The number of nitrogens with one attached hydrogen (secondary N) is 4. The molecule has 7 aliphatic heterocycles. The molecule has 44 heavy (non-hydrogen) atoms. The summed E-state index contributed by atoms with van der Waals surface area (Å²) >= 11 is 0. The van der Waals surface area contributed by atoms with E-state index in [4.69, 9.17) is 0 Å². The predicted octanol–water partition coefficient (Wildman–Crippen LogP) is 0.470. The average molecular weight is 639 g/mol. The molecule has 16 heteroatoms. The molecule has 2 aromatic rings. The second kappa shape index (κ2) is 8.80. The average Bonchev–Trinajstić information content (AvgIpc) is 3.82. The van der Waals surface area contributed by atoms with Crippen LogP contribution in [0.25, 0.3) is 0 Å². The van der Waals surface area contributed by atoms with E-state index in [1.807, 2.05) is 0 Å². The molecule has 9 rings (SSSR count). The Balaban J connectivity index is 1.22. The van der Waals surface area contributed by atoms with E-state index in [-0.39, 0.29) is 23.6 Å². The van der Waals surface area contributed by atoms with Crippen LogP contribution < -0.4 is 20.3 Å². The van der Waals surface area contributed by atoms with E-state index in [1.165, 1.54) is 0 Å². The van der Waals surface area contributed by atoms with Crippen molar-refractivity contribution >= 4 is 38.3 Å². The molecule has 2 aromatic carbocycles. The first kappa shape index (κ1) is 27.3. The summed E-state index contributed by atoms with van der Waals surface area (Å²) in [7, 11) is -7.61. The van der Waals surface area contributed by atoms with Gasteiger partial charge in [-0.05, 0) is 0 Å². The molecule has 4 amide bonds. The van der Waals surface area contributed by atoms with E-state index in [2.05, 4.69) is 48.4 Å². The summed E-state index contributed by atoms with van der Waals surface area (Å²) in [5, 5.41) is 13.6. The van der Waals surface area contributed by atoms with Crippen molar-refractivity contribution in [3.63, 3.8) is 0 Å². The Morgan fingerprint density at radius 3 is 0.773 bits per heavy atom. The van der Waals surface area contributed by atoms with Crippen molar-refractivity contribution in [2.45, 2.75) is 0 Å². The molecule has 4 bridgehead atoms. The Hall–Kier alpha value is -3.06. The van der Waals surface area contributed by atoms with E-state index in [1.54, 1.807) is 48.5 Å². The second-order valence-electron chi connectivity index (χ2n) is 12.6. The van der Waals surface area contributed by atoms with Gasteiger partial charge in [-0.2, -0.15) is 0 Å². The van der Waals surface area contributed by atoms with Crippen molar-refractivity contribution in [1.82, 2.24) is 48.4 Å². The van der Waals surface area contributed by atoms with Crippen molar-refractivity contribution in [2.75, 3.05) is 78.5 Å². The Morgan fingerprint density at radius 2 is 0.591 bits per heavy atom. The van der Waals surface area contributed by atoms with Crippen LogP contribution >= 0.6 is 14.7 Å². The molecule has 7 aliphatic rings. The molecule has 0 unspecified atom stereocenters. The molecule has 0 aromatic heterocycles. The number of hydrogen-bond acceptors (Lipinski definition) is 10. The first-order chi connectivity index (χ1) is 21.3. The standard InChI is InChI=1S/C28H36N10O4P2/c39-25-21-3-1-4-22(19-21)26(40)30-44(36-13-14-36,37-15-16-37,38-17-18-38)32-28(42)24-6-2-5-23(20-24)27(41)31-43(29-25,33-7-8-33,34-9-10-34)35-11-12-35/h1-6,19-20H,7-18H2,(H,29,39)(H,30,40)(H,31,41)(H,32,42). The number of hydrogen-bond donors (Lipinski definition) is 4. The molecule has 0 aliphatic carbocycles.